The molecule has 2 aromatic rings. The van der Waals surface area contributed by atoms with Crippen molar-refractivity contribution in [2.45, 2.75) is 18.9 Å². The van der Waals surface area contributed by atoms with Gasteiger partial charge in [0, 0.05) is 0 Å². The second-order valence-electron chi connectivity index (χ2n) is 4.11. The third-order valence-electron chi connectivity index (χ3n) is 2.60. The number of carboxylic acids is 1. The molecular formula is C11H6F6N2O2. The highest BCUT2D eigenvalue weighted by Gasteiger charge is 2.41. The number of carboxylic acid groups (broad SMARTS) is 1. The predicted octanol–water partition coefficient (Wildman–Crippen LogP) is 3.32. The zero-order valence-corrected chi connectivity index (χ0v) is 9.96. The molecule has 0 fully saturated rings. The average molecular weight is 312 g/mol. The van der Waals surface area contributed by atoms with Gasteiger partial charge in [-0.05, 0) is 12.1 Å². The Labute approximate surface area is 112 Å². The molecule has 0 aliphatic carbocycles. The quantitative estimate of drug-likeness (QED) is 0.866. The molecule has 0 atom stereocenters. The molecule has 0 saturated carbocycles. The predicted molar refractivity (Wildman–Crippen MR) is 57.7 cm³/mol. The fourth-order valence-corrected chi connectivity index (χ4v) is 1.88. The van der Waals surface area contributed by atoms with Crippen molar-refractivity contribution in [1.29, 1.82) is 0 Å². The third kappa shape index (κ3) is 2.93. The van der Waals surface area contributed by atoms with E-state index in [1.54, 1.807) is 0 Å². The SMILES string of the molecule is O=C(O)c1cccc2c1nc(C(F)(F)F)n2CC(F)(F)F. The van der Waals surface area contributed by atoms with Crippen molar-refractivity contribution < 1.29 is 36.2 Å². The Hall–Kier alpha value is -2.26. The molecule has 1 heterocycles. The summed E-state index contributed by atoms with van der Waals surface area (Å²) >= 11 is 0. The minimum absolute atomic E-state index is 0.0816. The van der Waals surface area contributed by atoms with Gasteiger partial charge in [0.15, 0.2) is 0 Å². The van der Waals surface area contributed by atoms with Crippen LogP contribution in [0.15, 0.2) is 18.2 Å². The van der Waals surface area contributed by atoms with Gasteiger partial charge >= 0.3 is 18.3 Å². The normalized spacial score (nSPS) is 12.9. The van der Waals surface area contributed by atoms with E-state index in [1.807, 2.05) is 0 Å². The Morgan fingerprint density at radius 3 is 2.29 bits per heavy atom. The van der Waals surface area contributed by atoms with Crippen LogP contribution in [0.25, 0.3) is 11.0 Å². The van der Waals surface area contributed by atoms with Gasteiger partial charge < -0.3 is 9.67 Å². The fraction of sp³-hybridized carbons (Fsp3) is 0.273. The molecule has 0 spiro atoms. The number of carbonyl (C=O) groups is 1. The number of aromatic nitrogens is 2. The number of rotatable bonds is 2. The zero-order valence-electron chi connectivity index (χ0n) is 9.96. The molecule has 114 valence electrons. The second-order valence-corrected chi connectivity index (χ2v) is 4.11. The van der Waals surface area contributed by atoms with Crippen molar-refractivity contribution in [2.75, 3.05) is 0 Å². The Morgan fingerprint density at radius 1 is 1.19 bits per heavy atom. The molecule has 0 saturated heterocycles. The minimum atomic E-state index is -5.14. The lowest BCUT2D eigenvalue weighted by Gasteiger charge is -2.13. The van der Waals surface area contributed by atoms with Gasteiger partial charge in [0.25, 0.3) is 0 Å². The number of aromatic carboxylic acids is 1. The Morgan fingerprint density at radius 2 is 1.81 bits per heavy atom. The van der Waals surface area contributed by atoms with Crippen molar-refractivity contribution in [2.24, 2.45) is 0 Å². The number of para-hydroxylation sites is 1. The van der Waals surface area contributed by atoms with Crippen LogP contribution in [0.3, 0.4) is 0 Å². The molecular weight excluding hydrogens is 306 g/mol. The van der Waals surface area contributed by atoms with Crippen molar-refractivity contribution in [1.82, 2.24) is 9.55 Å². The molecule has 1 aromatic heterocycles. The topological polar surface area (TPSA) is 55.1 Å². The Kier molecular flexibility index (Phi) is 3.34. The van der Waals surface area contributed by atoms with Crippen molar-refractivity contribution in [3.63, 3.8) is 0 Å². The van der Waals surface area contributed by atoms with Gasteiger partial charge in [-0.2, -0.15) is 26.3 Å². The highest BCUT2D eigenvalue weighted by Crippen LogP contribution is 2.34. The molecule has 2 rings (SSSR count). The van der Waals surface area contributed by atoms with E-state index < -0.39 is 47.3 Å². The maximum absolute atomic E-state index is 12.8. The largest absolute Gasteiger partial charge is 0.478 e. The second kappa shape index (κ2) is 4.64. The molecule has 21 heavy (non-hydrogen) atoms. The highest BCUT2D eigenvalue weighted by atomic mass is 19.4. The van der Waals surface area contributed by atoms with Crippen LogP contribution in [0.2, 0.25) is 0 Å². The van der Waals surface area contributed by atoms with E-state index in [1.165, 1.54) is 0 Å². The average Bonchev–Trinajstić information content (AvgIpc) is 2.65. The number of alkyl halides is 6. The standard InChI is InChI=1S/C11H6F6N2O2/c12-10(13,14)4-19-6-3-1-2-5(8(20)21)7(6)18-9(19)11(15,16)17/h1-3H,4H2,(H,20,21). The Bertz CT molecular complexity index is 701. The van der Waals surface area contributed by atoms with Crippen LogP contribution >= 0.6 is 0 Å². The van der Waals surface area contributed by atoms with E-state index >= 15 is 0 Å². The van der Waals surface area contributed by atoms with Gasteiger partial charge in [0.1, 0.15) is 12.1 Å². The summed E-state index contributed by atoms with van der Waals surface area (Å²) < 4.78 is 75.6. The van der Waals surface area contributed by atoms with Crippen LogP contribution < -0.4 is 0 Å². The molecule has 0 bridgehead atoms. The molecule has 0 radical (unpaired) electrons. The van der Waals surface area contributed by atoms with E-state index in [0.717, 1.165) is 18.2 Å². The summed E-state index contributed by atoms with van der Waals surface area (Å²) in [6.45, 7) is -1.92. The number of halogens is 6. The first-order valence-corrected chi connectivity index (χ1v) is 5.37. The van der Waals surface area contributed by atoms with Gasteiger partial charge in [-0.1, -0.05) is 6.07 Å². The number of hydrogen-bond acceptors (Lipinski definition) is 2. The van der Waals surface area contributed by atoms with E-state index in [4.69, 9.17) is 5.11 Å². The van der Waals surface area contributed by atoms with Gasteiger partial charge in [-0.3, -0.25) is 0 Å². The molecule has 0 unspecified atom stereocenters. The van der Waals surface area contributed by atoms with Gasteiger partial charge in [0.2, 0.25) is 5.82 Å². The van der Waals surface area contributed by atoms with Crippen LogP contribution in [-0.4, -0.2) is 26.8 Å². The molecule has 1 aromatic carbocycles. The third-order valence-corrected chi connectivity index (χ3v) is 2.60. The van der Waals surface area contributed by atoms with Crippen molar-refractivity contribution in [3.8, 4) is 0 Å². The lowest BCUT2D eigenvalue weighted by atomic mass is 10.2. The summed E-state index contributed by atoms with van der Waals surface area (Å²) in [5.74, 6) is -3.37. The van der Waals surface area contributed by atoms with E-state index in [2.05, 4.69) is 4.98 Å². The van der Waals surface area contributed by atoms with Gasteiger partial charge in [0.05, 0.1) is 11.1 Å². The maximum atomic E-state index is 12.8. The molecule has 1 N–H and O–H groups in total. The monoisotopic (exact) mass is 312 g/mol. The number of hydrogen-bond donors (Lipinski definition) is 1. The first-order valence-electron chi connectivity index (χ1n) is 5.37. The summed E-state index contributed by atoms with van der Waals surface area (Å²) in [6.07, 6.45) is -10.0. The zero-order chi connectivity index (χ0) is 16.0. The molecule has 10 heteroatoms. The molecule has 4 nitrogen and oxygen atoms in total. The molecule has 0 aliphatic rings. The summed E-state index contributed by atoms with van der Waals surface area (Å²) in [4.78, 5) is 14.0. The lowest BCUT2D eigenvalue weighted by Crippen LogP contribution is -2.23. The fourth-order valence-electron chi connectivity index (χ4n) is 1.88. The van der Waals surface area contributed by atoms with Crippen LogP contribution in [0.5, 0.6) is 0 Å². The van der Waals surface area contributed by atoms with Crippen LogP contribution in [0.1, 0.15) is 16.2 Å². The number of fused-ring (bicyclic) bond motifs is 1. The van der Waals surface area contributed by atoms with E-state index in [0.29, 0.717) is 0 Å². The number of imidazole rings is 1. The summed E-state index contributed by atoms with van der Waals surface area (Å²) in [5.41, 5.74) is -1.78. The van der Waals surface area contributed by atoms with Crippen molar-refractivity contribution in [3.05, 3.63) is 29.6 Å². The van der Waals surface area contributed by atoms with Gasteiger partial charge in [-0.15, -0.1) is 0 Å². The first-order chi connectivity index (χ1) is 9.50. The molecule has 0 aliphatic heterocycles. The van der Waals surface area contributed by atoms with E-state index in [-0.39, 0.29) is 4.57 Å². The van der Waals surface area contributed by atoms with Crippen LogP contribution in [0, 0.1) is 0 Å². The number of benzene rings is 1. The smallest absolute Gasteiger partial charge is 0.449 e. The van der Waals surface area contributed by atoms with E-state index in [9.17, 15) is 31.1 Å². The minimum Gasteiger partial charge on any atom is -0.478 e. The maximum Gasteiger partial charge on any atom is 0.449 e. The summed E-state index contributed by atoms with van der Waals surface area (Å²) in [5, 5.41) is 8.87. The van der Waals surface area contributed by atoms with Crippen LogP contribution in [-0.2, 0) is 12.7 Å². The summed E-state index contributed by atoms with van der Waals surface area (Å²) in [6, 6.07) is 2.98. The first kappa shape index (κ1) is 15.1. The lowest BCUT2D eigenvalue weighted by molar-refractivity contribution is -0.160. The van der Waals surface area contributed by atoms with Gasteiger partial charge in [-0.25, -0.2) is 9.78 Å². The van der Waals surface area contributed by atoms with Crippen LogP contribution in [0.4, 0.5) is 26.3 Å². The Balaban J connectivity index is 2.79. The number of nitrogens with zero attached hydrogens (tertiary/aromatic N) is 2. The highest BCUT2D eigenvalue weighted by molar-refractivity contribution is 6.01. The molecule has 0 amide bonds. The van der Waals surface area contributed by atoms with Crippen molar-refractivity contribution >= 4 is 17.0 Å². The summed E-state index contributed by atoms with van der Waals surface area (Å²) in [7, 11) is 0.